The molecule has 1 aromatic rings. The number of halogens is 1. The van der Waals surface area contributed by atoms with Gasteiger partial charge in [-0.3, -0.25) is 0 Å². The first-order valence-electron chi connectivity index (χ1n) is 4.43. The second kappa shape index (κ2) is 4.23. The summed E-state index contributed by atoms with van der Waals surface area (Å²) < 4.78 is 1.25. The molecule has 0 aromatic carbocycles. The predicted octanol–water partition coefficient (Wildman–Crippen LogP) is 1.10. The molecule has 1 aliphatic rings. The molecule has 1 N–H and O–H groups in total. The summed E-state index contributed by atoms with van der Waals surface area (Å²) in [6.45, 7) is 4.25. The average molecular weight is 289 g/mol. The highest BCUT2D eigenvalue weighted by Gasteiger charge is 2.10. The third kappa shape index (κ3) is 2.31. The summed E-state index contributed by atoms with van der Waals surface area (Å²) in [4.78, 5) is 6.67. The molecular weight excluding hydrogens is 277 g/mol. The molecule has 3 nitrogen and oxygen atoms in total. The maximum atomic E-state index is 4.36. The van der Waals surface area contributed by atoms with E-state index in [2.05, 4.69) is 43.9 Å². The first kappa shape index (κ1) is 9.21. The molecule has 0 amide bonds. The molecule has 0 bridgehead atoms. The first-order valence-corrected chi connectivity index (χ1v) is 5.51. The number of hydrogen-bond acceptors (Lipinski definition) is 3. The molecule has 4 heteroatoms. The van der Waals surface area contributed by atoms with Crippen LogP contribution in [0, 0.1) is 3.57 Å². The van der Waals surface area contributed by atoms with E-state index in [0.717, 1.165) is 32.0 Å². The van der Waals surface area contributed by atoms with Gasteiger partial charge in [-0.15, -0.1) is 0 Å². The Morgan fingerprint density at radius 1 is 1.38 bits per heavy atom. The topological polar surface area (TPSA) is 28.2 Å². The van der Waals surface area contributed by atoms with Crippen LogP contribution in [0.25, 0.3) is 0 Å². The van der Waals surface area contributed by atoms with E-state index < -0.39 is 0 Å². The van der Waals surface area contributed by atoms with Crippen LogP contribution in [0.4, 0.5) is 5.82 Å². The average Bonchev–Trinajstić information content (AvgIpc) is 2.19. The second-order valence-corrected chi connectivity index (χ2v) is 4.31. The minimum Gasteiger partial charge on any atom is -0.354 e. The van der Waals surface area contributed by atoms with Crippen LogP contribution >= 0.6 is 22.6 Å². The zero-order valence-electron chi connectivity index (χ0n) is 7.33. The van der Waals surface area contributed by atoms with Crippen LogP contribution in [-0.2, 0) is 0 Å². The summed E-state index contributed by atoms with van der Waals surface area (Å²) in [5.74, 6) is 1.11. The molecule has 0 aliphatic carbocycles. The van der Waals surface area contributed by atoms with Gasteiger partial charge in [0.2, 0.25) is 0 Å². The Labute approximate surface area is 91.7 Å². The van der Waals surface area contributed by atoms with E-state index in [1.165, 1.54) is 3.57 Å². The zero-order valence-corrected chi connectivity index (χ0v) is 9.49. The number of rotatable bonds is 1. The summed E-state index contributed by atoms with van der Waals surface area (Å²) in [5, 5.41) is 3.33. The monoisotopic (exact) mass is 289 g/mol. The number of nitrogens with zero attached hydrogens (tertiary/aromatic N) is 2. The van der Waals surface area contributed by atoms with Gasteiger partial charge in [0.05, 0.1) is 0 Å². The predicted molar refractivity (Wildman–Crippen MR) is 62.0 cm³/mol. The van der Waals surface area contributed by atoms with Crippen molar-refractivity contribution in [1.29, 1.82) is 0 Å². The third-order valence-electron chi connectivity index (χ3n) is 2.15. The highest BCUT2D eigenvalue weighted by Crippen LogP contribution is 2.14. The zero-order chi connectivity index (χ0) is 9.10. The van der Waals surface area contributed by atoms with Gasteiger partial charge in [0.25, 0.3) is 0 Å². The van der Waals surface area contributed by atoms with E-state index in [-0.39, 0.29) is 0 Å². The van der Waals surface area contributed by atoms with Crippen LogP contribution in [0.3, 0.4) is 0 Å². The Balaban J connectivity index is 2.14. The maximum absolute atomic E-state index is 4.36. The summed E-state index contributed by atoms with van der Waals surface area (Å²) in [5.41, 5.74) is 0. The molecule has 2 rings (SSSR count). The minimum absolute atomic E-state index is 1.06. The van der Waals surface area contributed by atoms with Gasteiger partial charge in [0.1, 0.15) is 5.82 Å². The highest BCUT2D eigenvalue weighted by molar-refractivity contribution is 14.1. The van der Waals surface area contributed by atoms with Gasteiger partial charge >= 0.3 is 0 Å². The largest absolute Gasteiger partial charge is 0.354 e. The van der Waals surface area contributed by atoms with Crippen molar-refractivity contribution in [1.82, 2.24) is 10.3 Å². The Hall–Kier alpha value is -0.360. The molecule has 1 fully saturated rings. The quantitative estimate of drug-likeness (QED) is 0.785. The van der Waals surface area contributed by atoms with E-state index >= 15 is 0 Å². The molecule has 1 aromatic heterocycles. The van der Waals surface area contributed by atoms with Crippen molar-refractivity contribution in [3.8, 4) is 0 Å². The fraction of sp³-hybridized carbons (Fsp3) is 0.444. The standard InChI is InChI=1S/C9H12IN3/c10-8-1-2-12-9(7-8)13-5-3-11-4-6-13/h1-2,7,11H,3-6H2. The lowest BCUT2D eigenvalue weighted by Crippen LogP contribution is -2.43. The van der Waals surface area contributed by atoms with E-state index in [9.17, 15) is 0 Å². The van der Waals surface area contributed by atoms with Crippen LogP contribution in [0.1, 0.15) is 0 Å². The molecule has 1 aliphatic heterocycles. The van der Waals surface area contributed by atoms with Crippen molar-refractivity contribution in [2.24, 2.45) is 0 Å². The summed E-state index contributed by atoms with van der Waals surface area (Å²) in [6.07, 6.45) is 1.87. The Morgan fingerprint density at radius 3 is 2.85 bits per heavy atom. The van der Waals surface area contributed by atoms with Crippen LogP contribution in [0.2, 0.25) is 0 Å². The molecule has 13 heavy (non-hydrogen) atoms. The normalized spacial score (nSPS) is 17.5. The lowest BCUT2D eigenvalue weighted by atomic mass is 10.3. The SMILES string of the molecule is Ic1ccnc(N2CCNCC2)c1. The number of piperazine rings is 1. The molecule has 0 unspecified atom stereocenters. The molecule has 0 radical (unpaired) electrons. The molecular formula is C9H12IN3. The van der Waals surface area contributed by atoms with Crippen molar-refractivity contribution >= 4 is 28.4 Å². The highest BCUT2D eigenvalue weighted by atomic mass is 127. The van der Waals surface area contributed by atoms with Gasteiger partial charge in [-0.1, -0.05) is 0 Å². The van der Waals surface area contributed by atoms with Crippen LogP contribution < -0.4 is 10.2 Å². The van der Waals surface area contributed by atoms with Gasteiger partial charge in [0, 0.05) is 35.9 Å². The lowest BCUT2D eigenvalue weighted by Gasteiger charge is -2.28. The molecule has 70 valence electrons. The van der Waals surface area contributed by atoms with E-state index in [0.29, 0.717) is 0 Å². The van der Waals surface area contributed by atoms with Gasteiger partial charge in [-0.25, -0.2) is 4.98 Å². The lowest BCUT2D eigenvalue weighted by molar-refractivity contribution is 0.585. The van der Waals surface area contributed by atoms with Crippen molar-refractivity contribution in [3.05, 3.63) is 21.9 Å². The molecule has 0 spiro atoms. The summed E-state index contributed by atoms with van der Waals surface area (Å²) in [6, 6.07) is 4.15. The van der Waals surface area contributed by atoms with Crippen LogP contribution in [0.5, 0.6) is 0 Å². The van der Waals surface area contributed by atoms with Gasteiger partial charge in [0.15, 0.2) is 0 Å². The number of nitrogens with one attached hydrogen (secondary N) is 1. The molecule has 2 heterocycles. The summed E-state index contributed by atoms with van der Waals surface area (Å²) in [7, 11) is 0. The molecule has 0 saturated carbocycles. The second-order valence-electron chi connectivity index (χ2n) is 3.07. The van der Waals surface area contributed by atoms with Crippen molar-refractivity contribution < 1.29 is 0 Å². The molecule has 0 atom stereocenters. The van der Waals surface area contributed by atoms with E-state index in [1.54, 1.807) is 0 Å². The minimum atomic E-state index is 1.06. The fourth-order valence-electron chi connectivity index (χ4n) is 1.46. The van der Waals surface area contributed by atoms with Crippen LogP contribution in [0.15, 0.2) is 18.3 Å². The Morgan fingerprint density at radius 2 is 2.15 bits per heavy atom. The number of anilines is 1. The number of pyridine rings is 1. The van der Waals surface area contributed by atoms with E-state index in [4.69, 9.17) is 0 Å². The van der Waals surface area contributed by atoms with Crippen molar-refractivity contribution in [2.75, 3.05) is 31.1 Å². The number of hydrogen-bond donors (Lipinski definition) is 1. The van der Waals surface area contributed by atoms with Crippen molar-refractivity contribution in [2.45, 2.75) is 0 Å². The fourth-order valence-corrected chi connectivity index (χ4v) is 1.90. The Bertz CT molecular complexity index is 284. The Kier molecular flexibility index (Phi) is 3.00. The number of aromatic nitrogens is 1. The van der Waals surface area contributed by atoms with Gasteiger partial charge < -0.3 is 10.2 Å². The van der Waals surface area contributed by atoms with E-state index in [1.807, 2.05) is 12.3 Å². The third-order valence-corrected chi connectivity index (χ3v) is 2.82. The first-order chi connectivity index (χ1) is 6.36. The summed E-state index contributed by atoms with van der Waals surface area (Å²) >= 11 is 2.32. The van der Waals surface area contributed by atoms with Crippen LogP contribution in [-0.4, -0.2) is 31.2 Å². The molecule has 1 saturated heterocycles. The van der Waals surface area contributed by atoms with Gasteiger partial charge in [-0.2, -0.15) is 0 Å². The van der Waals surface area contributed by atoms with Crippen molar-refractivity contribution in [3.63, 3.8) is 0 Å². The maximum Gasteiger partial charge on any atom is 0.129 e. The van der Waals surface area contributed by atoms with Gasteiger partial charge in [-0.05, 0) is 34.7 Å². The smallest absolute Gasteiger partial charge is 0.129 e.